The van der Waals surface area contributed by atoms with Crippen molar-refractivity contribution in [1.82, 2.24) is 0 Å². The Kier molecular flexibility index (Phi) is 1.83. The number of anilines is 2. The highest BCUT2D eigenvalue weighted by Crippen LogP contribution is 2.33. The van der Waals surface area contributed by atoms with E-state index < -0.39 is 0 Å². The molecule has 1 atom stereocenters. The second-order valence-corrected chi connectivity index (χ2v) is 5.32. The maximum absolute atomic E-state index is 2.42. The Hall–Kier alpha value is -1.96. The standard InChI is InChI=1S/C16H16N2/c1-11-7-9-18-12(2)10-17-8-3-4-13-5-6-14(11)16(18)15(13)17/h3-9,12H,10H2,1-2H3. The van der Waals surface area contributed by atoms with Gasteiger partial charge in [0.25, 0.3) is 0 Å². The highest BCUT2D eigenvalue weighted by atomic mass is 15.3. The minimum Gasteiger partial charge on any atom is -0.344 e. The first-order valence-corrected chi connectivity index (χ1v) is 6.51. The number of nitrogens with zero attached hydrogens (tertiary/aromatic N) is 2. The van der Waals surface area contributed by atoms with Crippen molar-refractivity contribution in [2.24, 2.45) is 0 Å². The molecule has 3 heterocycles. The van der Waals surface area contributed by atoms with Gasteiger partial charge in [0.05, 0.1) is 11.4 Å². The van der Waals surface area contributed by atoms with Crippen LogP contribution in [0.4, 0.5) is 11.4 Å². The lowest BCUT2D eigenvalue weighted by Crippen LogP contribution is -2.49. The lowest BCUT2D eigenvalue weighted by Gasteiger charge is -2.42. The fraction of sp³-hybridized carbons (Fsp3) is 0.250. The quantitative estimate of drug-likeness (QED) is 0.676. The normalized spacial score (nSPS) is 23.0. The average molecular weight is 236 g/mol. The summed E-state index contributed by atoms with van der Waals surface area (Å²) in [6.07, 6.45) is 11.0. The predicted octanol–water partition coefficient (Wildman–Crippen LogP) is 1.71. The van der Waals surface area contributed by atoms with Crippen molar-refractivity contribution in [2.75, 3.05) is 16.3 Å². The summed E-state index contributed by atoms with van der Waals surface area (Å²) in [5.74, 6) is 0. The van der Waals surface area contributed by atoms with Crippen molar-refractivity contribution >= 4 is 23.0 Å². The van der Waals surface area contributed by atoms with Crippen LogP contribution in [-0.2, 0) is 0 Å². The van der Waals surface area contributed by atoms with Gasteiger partial charge in [-0.1, -0.05) is 18.2 Å². The van der Waals surface area contributed by atoms with Gasteiger partial charge in [0, 0.05) is 35.4 Å². The van der Waals surface area contributed by atoms with Crippen LogP contribution in [0.5, 0.6) is 0 Å². The Bertz CT molecular complexity index is 709. The summed E-state index contributed by atoms with van der Waals surface area (Å²) in [7, 11) is 0. The van der Waals surface area contributed by atoms with E-state index >= 15 is 0 Å². The maximum Gasteiger partial charge on any atom is 0.0732 e. The zero-order chi connectivity index (χ0) is 12.3. The molecule has 90 valence electrons. The van der Waals surface area contributed by atoms with Crippen molar-refractivity contribution in [2.45, 2.75) is 19.9 Å². The van der Waals surface area contributed by atoms with Crippen LogP contribution >= 0.6 is 0 Å². The Morgan fingerprint density at radius 3 is 2.94 bits per heavy atom. The molecular weight excluding hydrogens is 220 g/mol. The summed E-state index contributed by atoms with van der Waals surface area (Å²) in [6.45, 7) is 5.53. The Morgan fingerprint density at radius 2 is 2.06 bits per heavy atom. The molecule has 0 radical (unpaired) electrons. The monoisotopic (exact) mass is 236 g/mol. The summed E-state index contributed by atoms with van der Waals surface area (Å²) in [4.78, 5) is 4.81. The summed E-state index contributed by atoms with van der Waals surface area (Å²) >= 11 is 0. The van der Waals surface area contributed by atoms with E-state index in [0.717, 1.165) is 6.54 Å². The molecule has 1 aromatic carbocycles. The van der Waals surface area contributed by atoms with Gasteiger partial charge in [0.15, 0.2) is 0 Å². The fourth-order valence-corrected chi connectivity index (χ4v) is 3.18. The molecule has 0 saturated heterocycles. The number of benzene rings is 1. The van der Waals surface area contributed by atoms with Crippen LogP contribution in [0.1, 0.15) is 13.8 Å². The zero-order valence-electron chi connectivity index (χ0n) is 10.7. The molecule has 4 rings (SSSR count). The Balaban J connectivity index is 2.18. The predicted molar refractivity (Wildman–Crippen MR) is 76.8 cm³/mol. The van der Waals surface area contributed by atoms with Crippen LogP contribution < -0.4 is 20.2 Å². The third-order valence-corrected chi connectivity index (χ3v) is 4.12. The van der Waals surface area contributed by atoms with Crippen LogP contribution in [0.15, 0.2) is 36.7 Å². The number of allylic oxidation sites excluding steroid dienone is 2. The molecule has 0 spiro atoms. The van der Waals surface area contributed by atoms with E-state index in [1.165, 1.54) is 27.4 Å². The van der Waals surface area contributed by atoms with Gasteiger partial charge in [0.2, 0.25) is 0 Å². The van der Waals surface area contributed by atoms with Gasteiger partial charge in [-0.2, -0.15) is 0 Å². The topological polar surface area (TPSA) is 6.48 Å². The van der Waals surface area contributed by atoms with Gasteiger partial charge >= 0.3 is 0 Å². The molecule has 0 N–H and O–H groups in total. The molecule has 0 amide bonds. The van der Waals surface area contributed by atoms with Crippen LogP contribution in [-0.4, -0.2) is 12.6 Å². The molecule has 1 unspecified atom stereocenters. The minimum absolute atomic E-state index is 0.513. The minimum atomic E-state index is 0.513. The van der Waals surface area contributed by atoms with Gasteiger partial charge in [-0.3, -0.25) is 0 Å². The van der Waals surface area contributed by atoms with Gasteiger partial charge in [-0.25, -0.2) is 0 Å². The van der Waals surface area contributed by atoms with Gasteiger partial charge in [-0.05, 0) is 31.6 Å². The van der Waals surface area contributed by atoms with Crippen molar-refractivity contribution in [3.63, 3.8) is 0 Å². The molecule has 2 nitrogen and oxygen atoms in total. The second kappa shape index (κ2) is 3.29. The van der Waals surface area contributed by atoms with E-state index in [-0.39, 0.29) is 0 Å². The third kappa shape index (κ3) is 1.13. The van der Waals surface area contributed by atoms with E-state index in [1.54, 1.807) is 0 Å². The van der Waals surface area contributed by atoms with Crippen LogP contribution in [0, 0.1) is 0 Å². The summed E-state index contributed by atoms with van der Waals surface area (Å²) in [5, 5.41) is 2.70. The first-order chi connectivity index (χ1) is 8.75. The first kappa shape index (κ1) is 10.0. The lowest BCUT2D eigenvalue weighted by molar-refractivity contribution is 0.672. The van der Waals surface area contributed by atoms with Gasteiger partial charge in [-0.15, -0.1) is 0 Å². The largest absolute Gasteiger partial charge is 0.344 e. The van der Waals surface area contributed by atoms with Crippen molar-refractivity contribution in [1.29, 1.82) is 0 Å². The van der Waals surface area contributed by atoms with E-state index in [4.69, 9.17) is 0 Å². The first-order valence-electron chi connectivity index (χ1n) is 6.51. The van der Waals surface area contributed by atoms with E-state index in [0.29, 0.717) is 6.04 Å². The molecule has 1 aromatic rings. The number of hydrogen-bond acceptors (Lipinski definition) is 2. The summed E-state index contributed by atoms with van der Waals surface area (Å²) in [6, 6.07) is 5.01. The highest BCUT2D eigenvalue weighted by Gasteiger charge is 2.29. The smallest absolute Gasteiger partial charge is 0.0732 e. The molecule has 3 aliphatic heterocycles. The average Bonchev–Trinajstić information content (AvgIpc) is 2.38. The van der Waals surface area contributed by atoms with E-state index in [2.05, 4.69) is 66.4 Å². The number of rotatable bonds is 0. The molecule has 0 aromatic heterocycles. The maximum atomic E-state index is 2.42. The van der Waals surface area contributed by atoms with Crippen molar-refractivity contribution < 1.29 is 0 Å². The molecule has 2 heteroatoms. The molecular formula is C16H16N2. The molecule has 18 heavy (non-hydrogen) atoms. The van der Waals surface area contributed by atoms with Gasteiger partial charge in [0.1, 0.15) is 0 Å². The van der Waals surface area contributed by atoms with Crippen LogP contribution in [0.2, 0.25) is 0 Å². The molecule has 3 aliphatic rings. The number of hydrogen-bond donors (Lipinski definition) is 0. The third-order valence-electron chi connectivity index (χ3n) is 4.12. The summed E-state index contributed by atoms with van der Waals surface area (Å²) in [5.41, 5.74) is 4.11. The van der Waals surface area contributed by atoms with Crippen LogP contribution in [0.25, 0.3) is 11.6 Å². The van der Waals surface area contributed by atoms with E-state index in [9.17, 15) is 0 Å². The SMILES string of the molecule is CC1=c2ccc3c4c2N(C=C1)C(C)CN4C=CC=3. The lowest BCUT2D eigenvalue weighted by atomic mass is 9.98. The Morgan fingerprint density at radius 1 is 1.17 bits per heavy atom. The second-order valence-electron chi connectivity index (χ2n) is 5.32. The molecule has 0 saturated carbocycles. The van der Waals surface area contributed by atoms with Crippen molar-refractivity contribution in [3.05, 3.63) is 47.1 Å². The summed E-state index contributed by atoms with van der Waals surface area (Å²) < 4.78 is 0. The molecule has 0 aliphatic carbocycles. The zero-order valence-corrected chi connectivity index (χ0v) is 10.7. The van der Waals surface area contributed by atoms with E-state index in [1.807, 2.05) is 0 Å². The van der Waals surface area contributed by atoms with Crippen LogP contribution in [0.3, 0.4) is 0 Å². The highest BCUT2D eigenvalue weighted by molar-refractivity contribution is 5.84. The molecule has 0 bridgehead atoms. The van der Waals surface area contributed by atoms with Crippen molar-refractivity contribution in [3.8, 4) is 0 Å². The molecule has 0 fully saturated rings. The van der Waals surface area contributed by atoms with Gasteiger partial charge < -0.3 is 9.80 Å². The Labute approximate surface area is 107 Å². The fourth-order valence-electron chi connectivity index (χ4n) is 3.18.